The molecule has 0 aliphatic rings. The summed E-state index contributed by atoms with van der Waals surface area (Å²) in [6.45, 7) is 0. The SMILES string of the molecule is O=c1[nH]c2c(F)c(F)c(O)cc2c2ccsc12. The Morgan fingerprint density at radius 2 is 2.00 bits per heavy atom. The minimum absolute atomic E-state index is 0.226. The molecule has 3 rings (SSSR count). The number of rotatable bonds is 0. The molecule has 0 unspecified atom stereocenters. The van der Waals surface area contributed by atoms with E-state index in [9.17, 15) is 18.7 Å². The van der Waals surface area contributed by atoms with Crippen LogP contribution in [0.1, 0.15) is 0 Å². The molecule has 0 bridgehead atoms. The van der Waals surface area contributed by atoms with Gasteiger partial charge in [0.25, 0.3) is 5.56 Å². The molecular formula is C11H5F2NO2S. The number of halogens is 2. The average Bonchev–Trinajstić information content (AvgIpc) is 2.78. The van der Waals surface area contributed by atoms with Gasteiger partial charge in [0.05, 0.1) is 5.52 Å². The van der Waals surface area contributed by atoms with Crippen LogP contribution in [0.25, 0.3) is 21.0 Å². The Morgan fingerprint density at radius 1 is 1.24 bits per heavy atom. The normalized spacial score (nSPS) is 11.4. The molecular weight excluding hydrogens is 248 g/mol. The van der Waals surface area contributed by atoms with Crippen molar-refractivity contribution in [1.82, 2.24) is 4.98 Å². The second-order valence-corrected chi connectivity index (χ2v) is 4.48. The number of hydrogen-bond donors (Lipinski definition) is 2. The van der Waals surface area contributed by atoms with Crippen LogP contribution in [-0.4, -0.2) is 10.1 Å². The van der Waals surface area contributed by atoms with Crippen LogP contribution >= 0.6 is 11.3 Å². The van der Waals surface area contributed by atoms with E-state index in [2.05, 4.69) is 4.98 Å². The number of phenols is 1. The van der Waals surface area contributed by atoms with Crippen LogP contribution in [0.4, 0.5) is 8.78 Å². The Hall–Kier alpha value is -1.95. The van der Waals surface area contributed by atoms with Crippen molar-refractivity contribution >= 4 is 32.3 Å². The van der Waals surface area contributed by atoms with Crippen molar-refractivity contribution in [3.05, 3.63) is 39.5 Å². The Bertz CT molecular complexity index is 806. The fourth-order valence-corrected chi connectivity index (χ4v) is 2.62. The van der Waals surface area contributed by atoms with E-state index >= 15 is 0 Å². The maximum Gasteiger partial charge on any atom is 0.266 e. The summed E-state index contributed by atoms with van der Waals surface area (Å²) in [5.74, 6) is -3.37. The highest BCUT2D eigenvalue weighted by molar-refractivity contribution is 7.17. The highest BCUT2D eigenvalue weighted by atomic mass is 32.1. The maximum atomic E-state index is 13.6. The quantitative estimate of drug-likeness (QED) is 0.647. The third-order valence-electron chi connectivity index (χ3n) is 2.59. The predicted octanol–water partition coefficient (Wildman–Crippen LogP) is 2.73. The molecule has 2 aromatic heterocycles. The van der Waals surface area contributed by atoms with Crippen molar-refractivity contribution in [2.75, 3.05) is 0 Å². The van der Waals surface area contributed by atoms with Crippen LogP contribution < -0.4 is 5.56 Å². The number of pyridine rings is 1. The predicted molar refractivity (Wildman–Crippen MR) is 61.5 cm³/mol. The maximum absolute atomic E-state index is 13.6. The van der Waals surface area contributed by atoms with Crippen molar-refractivity contribution in [3.8, 4) is 5.75 Å². The van der Waals surface area contributed by atoms with Gasteiger partial charge >= 0.3 is 0 Å². The van der Waals surface area contributed by atoms with Crippen LogP contribution in [0.5, 0.6) is 5.75 Å². The first-order valence-electron chi connectivity index (χ1n) is 4.69. The van der Waals surface area contributed by atoms with Crippen molar-refractivity contribution < 1.29 is 13.9 Å². The van der Waals surface area contributed by atoms with E-state index in [0.29, 0.717) is 10.1 Å². The molecule has 0 spiro atoms. The van der Waals surface area contributed by atoms with Crippen molar-refractivity contribution in [2.24, 2.45) is 0 Å². The lowest BCUT2D eigenvalue weighted by atomic mass is 10.1. The summed E-state index contributed by atoms with van der Waals surface area (Å²) in [5, 5.41) is 11.7. The molecule has 0 radical (unpaired) electrons. The van der Waals surface area contributed by atoms with E-state index in [4.69, 9.17) is 0 Å². The molecule has 86 valence electrons. The number of nitrogens with one attached hydrogen (secondary N) is 1. The zero-order chi connectivity index (χ0) is 12.2. The van der Waals surface area contributed by atoms with Crippen LogP contribution in [0, 0.1) is 11.6 Å². The molecule has 1 aromatic carbocycles. The standard InChI is InChI=1S/C11H5F2NO2S/c12-7-6(15)3-5-4-1-2-17-10(4)11(16)14-9(5)8(7)13/h1-3,15H,(H,14,16). The molecule has 3 aromatic rings. The third-order valence-corrected chi connectivity index (χ3v) is 3.50. The minimum Gasteiger partial charge on any atom is -0.505 e. The van der Waals surface area contributed by atoms with Gasteiger partial charge < -0.3 is 10.1 Å². The fourth-order valence-electron chi connectivity index (χ4n) is 1.81. The van der Waals surface area contributed by atoms with E-state index in [0.717, 1.165) is 6.07 Å². The van der Waals surface area contributed by atoms with Crippen molar-refractivity contribution in [1.29, 1.82) is 0 Å². The average molecular weight is 253 g/mol. The molecule has 0 fully saturated rings. The molecule has 2 heterocycles. The lowest BCUT2D eigenvalue weighted by Crippen LogP contribution is -2.06. The van der Waals surface area contributed by atoms with E-state index < -0.39 is 22.9 Å². The Kier molecular flexibility index (Phi) is 1.97. The number of thiophene rings is 1. The first-order valence-corrected chi connectivity index (χ1v) is 5.57. The van der Waals surface area contributed by atoms with Gasteiger partial charge in [-0.05, 0) is 17.5 Å². The minimum atomic E-state index is -1.36. The van der Waals surface area contributed by atoms with Gasteiger partial charge in [0.1, 0.15) is 4.70 Å². The summed E-state index contributed by atoms with van der Waals surface area (Å²) in [6, 6.07) is 2.74. The van der Waals surface area contributed by atoms with Crippen LogP contribution in [0.2, 0.25) is 0 Å². The first-order chi connectivity index (χ1) is 8.09. The van der Waals surface area contributed by atoms with Gasteiger partial charge in [-0.3, -0.25) is 4.79 Å². The summed E-state index contributed by atoms with van der Waals surface area (Å²) in [7, 11) is 0. The Labute approximate surface area is 96.9 Å². The number of hydrogen-bond acceptors (Lipinski definition) is 3. The number of H-pyrrole nitrogens is 1. The number of aromatic hydroxyl groups is 1. The lowest BCUT2D eigenvalue weighted by molar-refractivity contribution is 0.410. The topological polar surface area (TPSA) is 53.1 Å². The summed E-state index contributed by atoms with van der Waals surface area (Å²) >= 11 is 1.20. The van der Waals surface area contributed by atoms with Crippen LogP contribution in [0.3, 0.4) is 0 Å². The van der Waals surface area contributed by atoms with E-state index in [-0.39, 0.29) is 10.9 Å². The molecule has 2 N–H and O–H groups in total. The summed E-state index contributed by atoms with van der Waals surface area (Å²) < 4.78 is 27.2. The third kappa shape index (κ3) is 1.27. The molecule has 0 amide bonds. The number of fused-ring (bicyclic) bond motifs is 3. The molecule has 6 heteroatoms. The molecule has 17 heavy (non-hydrogen) atoms. The first kappa shape index (κ1) is 10.2. The smallest absolute Gasteiger partial charge is 0.266 e. The largest absolute Gasteiger partial charge is 0.505 e. The van der Waals surface area contributed by atoms with Gasteiger partial charge in [-0.15, -0.1) is 11.3 Å². The lowest BCUT2D eigenvalue weighted by Gasteiger charge is -2.04. The van der Waals surface area contributed by atoms with Gasteiger partial charge in [-0.2, -0.15) is 4.39 Å². The zero-order valence-electron chi connectivity index (χ0n) is 8.25. The monoisotopic (exact) mass is 253 g/mol. The Balaban J connectivity index is 2.69. The Morgan fingerprint density at radius 3 is 2.76 bits per heavy atom. The van der Waals surface area contributed by atoms with E-state index in [1.54, 1.807) is 11.4 Å². The second-order valence-electron chi connectivity index (χ2n) is 3.56. The number of benzene rings is 1. The highest BCUT2D eigenvalue weighted by Gasteiger charge is 2.16. The molecule has 0 saturated heterocycles. The van der Waals surface area contributed by atoms with Crippen LogP contribution in [-0.2, 0) is 0 Å². The van der Waals surface area contributed by atoms with E-state index in [1.165, 1.54) is 11.3 Å². The number of aromatic amines is 1. The van der Waals surface area contributed by atoms with Gasteiger partial charge in [-0.25, -0.2) is 4.39 Å². The zero-order valence-corrected chi connectivity index (χ0v) is 9.07. The number of phenolic OH excluding ortho intramolecular Hbond substituents is 1. The molecule has 0 aliphatic carbocycles. The van der Waals surface area contributed by atoms with Crippen molar-refractivity contribution in [2.45, 2.75) is 0 Å². The van der Waals surface area contributed by atoms with Crippen molar-refractivity contribution in [3.63, 3.8) is 0 Å². The highest BCUT2D eigenvalue weighted by Crippen LogP contribution is 2.31. The summed E-state index contributed by atoms with van der Waals surface area (Å²) in [4.78, 5) is 13.9. The van der Waals surface area contributed by atoms with Gasteiger partial charge in [0, 0.05) is 10.8 Å². The van der Waals surface area contributed by atoms with Gasteiger partial charge in [0.15, 0.2) is 11.6 Å². The van der Waals surface area contributed by atoms with Gasteiger partial charge in [0.2, 0.25) is 5.82 Å². The molecule has 0 aliphatic heterocycles. The summed E-state index contributed by atoms with van der Waals surface area (Å²) in [5.41, 5.74) is -0.692. The second kappa shape index (κ2) is 3.27. The molecule has 3 nitrogen and oxygen atoms in total. The molecule has 0 saturated carbocycles. The number of aromatic nitrogens is 1. The fraction of sp³-hybridized carbons (Fsp3) is 0. The van der Waals surface area contributed by atoms with Gasteiger partial charge in [-0.1, -0.05) is 0 Å². The summed E-state index contributed by atoms with van der Waals surface area (Å²) in [6.07, 6.45) is 0. The van der Waals surface area contributed by atoms with Crippen LogP contribution in [0.15, 0.2) is 22.3 Å². The molecule has 0 atom stereocenters. The van der Waals surface area contributed by atoms with E-state index in [1.807, 2.05) is 0 Å².